The van der Waals surface area contributed by atoms with Crippen molar-refractivity contribution in [1.82, 2.24) is 0 Å². The van der Waals surface area contributed by atoms with Crippen molar-refractivity contribution in [2.45, 2.75) is 40.5 Å². The first-order valence-electron chi connectivity index (χ1n) is 6.45. The Bertz CT molecular complexity index is 471. The van der Waals surface area contributed by atoms with Crippen LogP contribution in [0.15, 0.2) is 27.4 Å². The zero-order chi connectivity index (χ0) is 13.7. The zero-order valence-corrected chi connectivity index (χ0v) is 11.6. The molecule has 0 aliphatic rings. The van der Waals surface area contributed by atoms with Crippen LogP contribution in [-0.4, -0.2) is 5.11 Å². The molecule has 2 atom stereocenters. The van der Waals surface area contributed by atoms with Crippen molar-refractivity contribution >= 4 is 5.57 Å². The van der Waals surface area contributed by atoms with Gasteiger partial charge in [0.2, 0.25) is 0 Å². The number of rotatable bonds is 5. The summed E-state index contributed by atoms with van der Waals surface area (Å²) < 4.78 is 5.07. The Kier molecular flexibility index (Phi) is 5.20. The smallest absolute Gasteiger partial charge is 0.339 e. The summed E-state index contributed by atoms with van der Waals surface area (Å²) in [6.07, 6.45) is 4.36. The Morgan fingerprint density at radius 1 is 1.44 bits per heavy atom. The first kappa shape index (κ1) is 14.6. The topological polar surface area (TPSA) is 50.4 Å². The third kappa shape index (κ3) is 4.40. The molecule has 0 spiro atoms. The van der Waals surface area contributed by atoms with E-state index in [0.29, 0.717) is 17.6 Å². The molecule has 1 rings (SSSR count). The van der Waals surface area contributed by atoms with E-state index in [2.05, 4.69) is 26.8 Å². The van der Waals surface area contributed by atoms with Gasteiger partial charge in [0, 0.05) is 6.07 Å². The van der Waals surface area contributed by atoms with Crippen molar-refractivity contribution in [2.75, 3.05) is 0 Å². The molecule has 0 amide bonds. The predicted molar refractivity (Wildman–Crippen MR) is 73.5 cm³/mol. The lowest BCUT2D eigenvalue weighted by atomic mass is 9.93. The molecule has 1 N–H and O–H groups in total. The lowest BCUT2D eigenvalue weighted by Gasteiger charge is -2.13. The van der Waals surface area contributed by atoms with Gasteiger partial charge in [0.1, 0.15) is 11.5 Å². The Hall–Kier alpha value is -1.51. The summed E-state index contributed by atoms with van der Waals surface area (Å²) in [6, 6.07) is 2.54. The summed E-state index contributed by atoms with van der Waals surface area (Å²) in [4.78, 5) is 11.2. The van der Waals surface area contributed by atoms with Crippen LogP contribution in [0.5, 0.6) is 5.75 Å². The molecule has 0 aliphatic heterocycles. The lowest BCUT2D eigenvalue weighted by Crippen LogP contribution is -2.01. The second-order valence-electron chi connectivity index (χ2n) is 5.07. The maximum absolute atomic E-state index is 11.2. The Balaban J connectivity index is 2.85. The van der Waals surface area contributed by atoms with Gasteiger partial charge in [-0.05, 0) is 30.8 Å². The average molecular weight is 250 g/mol. The SMILES string of the molecule is CC[C@H](C)C[C@H](C)/C=C(\C)c1cc(O)cc(=O)o1. The molecule has 0 aliphatic carbocycles. The number of aromatic hydroxyl groups is 1. The van der Waals surface area contributed by atoms with Crippen molar-refractivity contribution in [1.29, 1.82) is 0 Å². The molecule has 1 heterocycles. The first-order valence-corrected chi connectivity index (χ1v) is 6.45. The molecule has 0 aromatic carbocycles. The number of hydrogen-bond acceptors (Lipinski definition) is 3. The van der Waals surface area contributed by atoms with Gasteiger partial charge in [-0.15, -0.1) is 0 Å². The molecule has 100 valence electrons. The lowest BCUT2D eigenvalue weighted by molar-refractivity contribution is 0.440. The Morgan fingerprint density at radius 3 is 2.67 bits per heavy atom. The minimum atomic E-state index is -0.521. The van der Waals surface area contributed by atoms with Crippen LogP contribution in [0.25, 0.3) is 5.57 Å². The van der Waals surface area contributed by atoms with E-state index in [1.54, 1.807) is 0 Å². The average Bonchev–Trinajstić information content (AvgIpc) is 2.27. The van der Waals surface area contributed by atoms with Gasteiger partial charge in [-0.3, -0.25) is 0 Å². The molecule has 0 fully saturated rings. The summed E-state index contributed by atoms with van der Waals surface area (Å²) in [5, 5.41) is 9.37. The second-order valence-corrected chi connectivity index (χ2v) is 5.07. The fourth-order valence-corrected chi connectivity index (χ4v) is 2.04. The summed E-state index contributed by atoms with van der Waals surface area (Å²) in [5.74, 6) is 1.49. The molecule has 3 nitrogen and oxygen atoms in total. The van der Waals surface area contributed by atoms with Crippen molar-refractivity contribution in [3.63, 3.8) is 0 Å². The molecule has 0 saturated heterocycles. The van der Waals surface area contributed by atoms with Gasteiger partial charge in [0.25, 0.3) is 0 Å². The van der Waals surface area contributed by atoms with Crippen LogP contribution in [-0.2, 0) is 0 Å². The molecule has 0 bridgehead atoms. The molecule has 1 aromatic heterocycles. The van der Waals surface area contributed by atoms with Gasteiger partial charge in [-0.1, -0.05) is 33.3 Å². The normalized spacial score (nSPS) is 15.4. The molecule has 1 aromatic rings. The summed E-state index contributed by atoms with van der Waals surface area (Å²) in [7, 11) is 0. The van der Waals surface area contributed by atoms with E-state index >= 15 is 0 Å². The minimum Gasteiger partial charge on any atom is -0.508 e. The summed E-state index contributed by atoms with van der Waals surface area (Å²) in [6.45, 7) is 8.46. The van der Waals surface area contributed by atoms with E-state index in [0.717, 1.165) is 18.1 Å². The third-order valence-electron chi connectivity index (χ3n) is 3.15. The van der Waals surface area contributed by atoms with Crippen molar-refractivity contribution in [3.05, 3.63) is 34.4 Å². The second kappa shape index (κ2) is 6.43. The van der Waals surface area contributed by atoms with E-state index < -0.39 is 5.63 Å². The Morgan fingerprint density at radius 2 is 2.11 bits per heavy atom. The quantitative estimate of drug-likeness (QED) is 0.864. The minimum absolute atomic E-state index is 0.0522. The number of allylic oxidation sites excluding steroid dienone is 2. The van der Waals surface area contributed by atoms with Crippen LogP contribution in [0, 0.1) is 11.8 Å². The van der Waals surface area contributed by atoms with Gasteiger partial charge >= 0.3 is 5.63 Å². The maximum Gasteiger partial charge on any atom is 0.339 e. The van der Waals surface area contributed by atoms with E-state index in [1.165, 1.54) is 12.5 Å². The number of hydrogen-bond donors (Lipinski definition) is 1. The highest BCUT2D eigenvalue weighted by atomic mass is 16.4. The highest BCUT2D eigenvalue weighted by Gasteiger charge is 2.08. The highest BCUT2D eigenvalue weighted by molar-refractivity contribution is 5.60. The highest BCUT2D eigenvalue weighted by Crippen LogP contribution is 2.22. The van der Waals surface area contributed by atoms with Crippen molar-refractivity contribution < 1.29 is 9.52 Å². The van der Waals surface area contributed by atoms with Crippen LogP contribution < -0.4 is 5.63 Å². The molecule has 0 radical (unpaired) electrons. The first-order chi connectivity index (χ1) is 8.42. The van der Waals surface area contributed by atoms with E-state index in [1.807, 2.05) is 6.92 Å². The van der Waals surface area contributed by atoms with Gasteiger partial charge in [0.15, 0.2) is 0 Å². The molecule has 18 heavy (non-hydrogen) atoms. The van der Waals surface area contributed by atoms with Crippen LogP contribution in [0.2, 0.25) is 0 Å². The molecular weight excluding hydrogens is 228 g/mol. The zero-order valence-electron chi connectivity index (χ0n) is 11.6. The monoisotopic (exact) mass is 250 g/mol. The maximum atomic E-state index is 11.2. The van der Waals surface area contributed by atoms with E-state index in [-0.39, 0.29) is 5.75 Å². The Labute approximate surface area is 108 Å². The van der Waals surface area contributed by atoms with Crippen LogP contribution >= 0.6 is 0 Å². The van der Waals surface area contributed by atoms with Crippen LogP contribution in [0.1, 0.15) is 46.3 Å². The largest absolute Gasteiger partial charge is 0.508 e. The third-order valence-corrected chi connectivity index (χ3v) is 3.15. The van der Waals surface area contributed by atoms with Crippen LogP contribution in [0.4, 0.5) is 0 Å². The standard InChI is InChI=1S/C15H22O3/c1-5-10(2)6-11(3)7-12(4)14-8-13(16)9-15(17)18-14/h7-11,16H,5-6H2,1-4H3/b12-7+/t10-,11-/m0/s1. The van der Waals surface area contributed by atoms with Crippen molar-refractivity contribution in [2.24, 2.45) is 11.8 Å². The molecule has 0 saturated carbocycles. The fraction of sp³-hybridized carbons (Fsp3) is 0.533. The van der Waals surface area contributed by atoms with Gasteiger partial charge in [-0.2, -0.15) is 0 Å². The fourth-order valence-electron chi connectivity index (χ4n) is 2.04. The molecule has 3 heteroatoms. The van der Waals surface area contributed by atoms with Crippen molar-refractivity contribution in [3.8, 4) is 5.75 Å². The van der Waals surface area contributed by atoms with Gasteiger partial charge in [-0.25, -0.2) is 4.79 Å². The molecular formula is C15H22O3. The molecule has 0 unspecified atom stereocenters. The van der Waals surface area contributed by atoms with Crippen LogP contribution in [0.3, 0.4) is 0 Å². The van der Waals surface area contributed by atoms with Gasteiger partial charge in [0.05, 0.1) is 6.07 Å². The predicted octanol–water partition coefficient (Wildman–Crippen LogP) is 3.82. The van der Waals surface area contributed by atoms with E-state index in [4.69, 9.17) is 4.42 Å². The summed E-state index contributed by atoms with van der Waals surface area (Å²) >= 11 is 0. The van der Waals surface area contributed by atoms with E-state index in [9.17, 15) is 9.90 Å². The van der Waals surface area contributed by atoms with Gasteiger partial charge < -0.3 is 9.52 Å². The summed E-state index contributed by atoms with van der Waals surface area (Å²) in [5.41, 5.74) is 0.367.